The van der Waals surface area contributed by atoms with Crippen LogP contribution in [0.1, 0.15) is 32.8 Å². The number of nitrogens with one attached hydrogen (secondary N) is 2. The lowest BCUT2D eigenvalue weighted by Crippen LogP contribution is -2.28. The summed E-state index contributed by atoms with van der Waals surface area (Å²) in [5.41, 5.74) is 2.98. The van der Waals surface area contributed by atoms with Crippen LogP contribution in [0.15, 0.2) is 30.5 Å². The predicted octanol–water partition coefficient (Wildman–Crippen LogP) is 3.69. The van der Waals surface area contributed by atoms with Gasteiger partial charge in [-0.15, -0.1) is 0 Å². The summed E-state index contributed by atoms with van der Waals surface area (Å²) in [5.74, 6) is 0. The van der Waals surface area contributed by atoms with E-state index in [1.54, 1.807) is 0 Å². The van der Waals surface area contributed by atoms with Crippen molar-refractivity contribution in [2.45, 2.75) is 33.7 Å². The standard InChI is InChI=1S/C15H22N2/c1-4-15(2,3)11-16-10-13-7-5-6-12-8-9-17-14(12)13/h5-9,16-17H,4,10-11H2,1-3H3. The Hall–Kier alpha value is -1.28. The number of hydrogen-bond acceptors (Lipinski definition) is 1. The fraction of sp³-hybridized carbons (Fsp3) is 0.467. The van der Waals surface area contributed by atoms with Crippen LogP contribution in [0.3, 0.4) is 0 Å². The van der Waals surface area contributed by atoms with E-state index < -0.39 is 0 Å². The average Bonchev–Trinajstić information content (AvgIpc) is 2.78. The number of H-pyrrole nitrogens is 1. The van der Waals surface area contributed by atoms with Crippen molar-refractivity contribution in [1.82, 2.24) is 10.3 Å². The van der Waals surface area contributed by atoms with Crippen LogP contribution >= 0.6 is 0 Å². The fourth-order valence-electron chi connectivity index (χ4n) is 1.96. The van der Waals surface area contributed by atoms with Gasteiger partial charge in [-0.05, 0) is 28.9 Å². The minimum atomic E-state index is 0.379. The van der Waals surface area contributed by atoms with Crippen molar-refractivity contribution in [2.75, 3.05) is 6.54 Å². The Morgan fingerprint density at radius 3 is 2.82 bits per heavy atom. The van der Waals surface area contributed by atoms with Crippen molar-refractivity contribution in [2.24, 2.45) is 5.41 Å². The van der Waals surface area contributed by atoms with Crippen molar-refractivity contribution in [1.29, 1.82) is 0 Å². The van der Waals surface area contributed by atoms with Crippen molar-refractivity contribution in [3.63, 3.8) is 0 Å². The largest absolute Gasteiger partial charge is 0.361 e. The quantitative estimate of drug-likeness (QED) is 0.805. The van der Waals surface area contributed by atoms with E-state index in [2.05, 4.69) is 55.3 Å². The molecule has 2 N–H and O–H groups in total. The second-order valence-electron chi connectivity index (χ2n) is 5.48. The van der Waals surface area contributed by atoms with Gasteiger partial charge < -0.3 is 10.3 Å². The van der Waals surface area contributed by atoms with E-state index in [0.29, 0.717) is 5.41 Å². The summed E-state index contributed by atoms with van der Waals surface area (Å²) in [6, 6.07) is 8.57. The minimum absolute atomic E-state index is 0.379. The van der Waals surface area contributed by atoms with Gasteiger partial charge in [-0.1, -0.05) is 39.0 Å². The first-order valence-electron chi connectivity index (χ1n) is 6.38. The first-order valence-corrected chi connectivity index (χ1v) is 6.38. The number of benzene rings is 1. The molecule has 0 aliphatic rings. The molecule has 0 aliphatic carbocycles. The summed E-state index contributed by atoms with van der Waals surface area (Å²) in [6.07, 6.45) is 3.21. The average molecular weight is 230 g/mol. The molecule has 2 aromatic rings. The molecule has 0 unspecified atom stereocenters. The molecule has 0 saturated heterocycles. The molecule has 0 radical (unpaired) electrons. The Morgan fingerprint density at radius 2 is 2.06 bits per heavy atom. The summed E-state index contributed by atoms with van der Waals surface area (Å²) >= 11 is 0. The lowest BCUT2D eigenvalue weighted by Gasteiger charge is -2.23. The third-order valence-corrected chi connectivity index (χ3v) is 3.55. The lowest BCUT2D eigenvalue weighted by atomic mass is 9.90. The first-order chi connectivity index (χ1) is 8.12. The molecule has 0 fully saturated rings. The number of rotatable bonds is 5. The molecule has 0 aliphatic heterocycles. The van der Waals surface area contributed by atoms with Gasteiger partial charge in [0.2, 0.25) is 0 Å². The monoisotopic (exact) mass is 230 g/mol. The van der Waals surface area contributed by atoms with E-state index in [0.717, 1.165) is 13.1 Å². The van der Waals surface area contributed by atoms with Crippen LogP contribution in [0.4, 0.5) is 0 Å². The molecule has 0 saturated carbocycles. The van der Waals surface area contributed by atoms with Gasteiger partial charge in [-0.25, -0.2) is 0 Å². The molecule has 17 heavy (non-hydrogen) atoms. The smallest absolute Gasteiger partial charge is 0.0499 e. The summed E-state index contributed by atoms with van der Waals surface area (Å²) in [4.78, 5) is 3.31. The maximum Gasteiger partial charge on any atom is 0.0499 e. The first kappa shape index (κ1) is 12.2. The van der Waals surface area contributed by atoms with E-state index in [4.69, 9.17) is 0 Å². The molecule has 1 aromatic heterocycles. The van der Waals surface area contributed by atoms with E-state index in [9.17, 15) is 0 Å². The number of para-hydroxylation sites is 1. The third-order valence-electron chi connectivity index (χ3n) is 3.55. The molecule has 1 heterocycles. The summed E-state index contributed by atoms with van der Waals surface area (Å²) in [5, 5.41) is 4.85. The lowest BCUT2D eigenvalue weighted by molar-refractivity contribution is 0.328. The molecule has 1 aromatic carbocycles. The zero-order valence-electron chi connectivity index (χ0n) is 11.0. The second kappa shape index (κ2) is 4.92. The second-order valence-corrected chi connectivity index (χ2v) is 5.48. The summed E-state index contributed by atoms with van der Waals surface area (Å²) in [7, 11) is 0. The minimum Gasteiger partial charge on any atom is -0.361 e. The topological polar surface area (TPSA) is 27.8 Å². The summed E-state index contributed by atoms with van der Waals surface area (Å²) in [6.45, 7) is 8.83. The fourth-order valence-corrected chi connectivity index (χ4v) is 1.96. The highest BCUT2D eigenvalue weighted by atomic mass is 14.9. The van der Waals surface area contributed by atoms with Gasteiger partial charge in [0.15, 0.2) is 0 Å². The Bertz CT molecular complexity index is 482. The SMILES string of the molecule is CCC(C)(C)CNCc1cccc2cc[nH]c12. The Morgan fingerprint density at radius 1 is 1.24 bits per heavy atom. The van der Waals surface area contributed by atoms with Gasteiger partial charge in [-0.2, -0.15) is 0 Å². The molecule has 2 nitrogen and oxygen atoms in total. The maximum absolute atomic E-state index is 3.55. The van der Waals surface area contributed by atoms with Crippen molar-refractivity contribution in [3.8, 4) is 0 Å². The van der Waals surface area contributed by atoms with Crippen LogP contribution in [0, 0.1) is 5.41 Å². The van der Waals surface area contributed by atoms with Crippen LogP contribution in [0.2, 0.25) is 0 Å². The zero-order valence-corrected chi connectivity index (χ0v) is 11.0. The van der Waals surface area contributed by atoms with Gasteiger partial charge in [0.1, 0.15) is 0 Å². The highest BCUT2D eigenvalue weighted by molar-refractivity contribution is 5.82. The predicted molar refractivity (Wildman–Crippen MR) is 74.1 cm³/mol. The normalized spacial score (nSPS) is 12.2. The van der Waals surface area contributed by atoms with Gasteiger partial charge in [0, 0.05) is 24.8 Å². The van der Waals surface area contributed by atoms with Crippen LogP contribution in [-0.4, -0.2) is 11.5 Å². The van der Waals surface area contributed by atoms with E-state index in [1.807, 2.05) is 6.20 Å². The van der Waals surface area contributed by atoms with E-state index >= 15 is 0 Å². The summed E-state index contributed by atoms with van der Waals surface area (Å²) < 4.78 is 0. The molecular weight excluding hydrogens is 208 g/mol. The molecule has 2 heteroatoms. The van der Waals surface area contributed by atoms with Crippen molar-refractivity contribution < 1.29 is 0 Å². The molecule has 0 atom stereocenters. The van der Waals surface area contributed by atoms with Gasteiger partial charge >= 0.3 is 0 Å². The van der Waals surface area contributed by atoms with Crippen LogP contribution < -0.4 is 5.32 Å². The van der Waals surface area contributed by atoms with Crippen LogP contribution in [0.5, 0.6) is 0 Å². The van der Waals surface area contributed by atoms with Crippen LogP contribution in [-0.2, 0) is 6.54 Å². The van der Waals surface area contributed by atoms with Gasteiger partial charge in [0.25, 0.3) is 0 Å². The molecule has 0 amide bonds. The van der Waals surface area contributed by atoms with Gasteiger partial charge in [-0.3, -0.25) is 0 Å². The van der Waals surface area contributed by atoms with Crippen LogP contribution in [0.25, 0.3) is 10.9 Å². The molecule has 92 valence electrons. The number of fused-ring (bicyclic) bond motifs is 1. The molecule has 0 spiro atoms. The molecular formula is C15H22N2. The Kier molecular flexibility index (Phi) is 3.53. The van der Waals surface area contributed by atoms with Gasteiger partial charge in [0.05, 0.1) is 0 Å². The highest BCUT2D eigenvalue weighted by Crippen LogP contribution is 2.19. The Labute approximate surface area is 103 Å². The van der Waals surface area contributed by atoms with E-state index in [1.165, 1.54) is 22.9 Å². The van der Waals surface area contributed by atoms with Crippen molar-refractivity contribution in [3.05, 3.63) is 36.0 Å². The highest BCUT2D eigenvalue weighted by Gasteiger charge is 2.14. The molecule has 0 bridgehead atoms. The maximum atomic E-state index is 3.55. The number of hydrogen-bond donors (Lipinski definition) is 2. The number of aromatic amines is 1. The zero-order chi connectivity index (χ0) is 12.3. The molecule has 2 rings (SSSR count). The third kappa shape index (κ3) is 2.89. The van der Waals surface area contributed by atoms with Crippen molar-refractivity contribution >= 4 is 10.9 Å². The van der Waals surface area contributed by atoms with E-state index in [-0.39, 0.29) is 0 Å². The number of aromatic nitrogens is 1. The Balaban J connectivity index is 2.02.